The van der Waals surface area contributed by atoms with Crippen molar-refractivity contribution < 1.29 is 14.4 Å². The van der Waals surface area contributed by atoms with Crippen LogP contribution in [0, 0.1) is 0 Å². The SMILES string of the molecule is CON(C)C(=O)Nc1ccc(Oc2ccc3ccccc3c2)cc1. The van der Waals surface area contributed by atoms with Crippen LogP contribution in [-0.4, -0.2) is 25.3 Å². The first kappa shape index (κ1) is 15.8. The number of hydroxylamine groups is 2. The quantitative estimate of drug-likeness (QED) is 0.711. The summed E-state index contributed by atoms with van der Waals surface area (Å²) in [6.45, 7) is 0. The molecule has 0 heterocycles. The smallest absolute Gasteiger partial charge is 0.345 e. The molecule has 3 rings (SSSR count). The number of nitrogens with one attached hydrogen (secondary N) is 1. The van der Waals surface area contributed by atoms with Crippen LogP contribution in [0.4, 0.5) is 10.5 Å². The number of rotatable bonds is 4. The highest BCUT2D eigenvalue weighted by molar-refractivity contribution is 5.88. The van der Waals surface area contributed by atoms with Crippen LogP contribution in [-0.2, 0) is 4.84 Å². The normalized spacial score (nSPS) is 10.4. The van der Waals surface area contributed by atoms with Crippen LogP contribution < -0.4 is 10.1 Å². The summed E-state index contributed by atoms with van der Waals surface area (Å²) >= 11 is 0. The maximum absolute atomic E-state index is 11.7. The predicted molar refractivity (Wildman–Crippen MR) is 94.3 cm³/mol. The molecule has 24 heavy (non-hydrogen) atoms. The molecule has 0 radical (unpaired) electrons. The molecule has 5 nitrogen and oxygen atoms in total. The molecule has 1 N–H and O–H groups in total. The minimum absolute atomic E-state index is 0.347. The number of anilines is 1. The molecule has 3 aromatic carbocycles. The van der Waals surface area contributed by atoms with Crippen molar-refractivity contribution in [2.45, 2.75) is 0 Å². The highest BCUT2D eigenvalue weighted by Gasteiger charge is 2.07. The molecule has 2 amide bonds. The first-order valence-electron chi connectivity index (χ1n) is 7.51. The van der Waals surface area contributed by atoms with E-state index in [-0.39, 0.29) is 6.03 Å². The molecule has 0 spiro atoms. The molecule has 0 saturated heterocycles. The topological polar surface area (TPSA) is 50.8 Å². The van der Waals surface area contributed by atoms with Crippen LogP contribution in [0.15, 0.2) is 66.7 Å². The molecule has 0 aliphatic rings. The van der Waals surface area contributed by atoms with Gasteiger partial charge in [-0.1, -0.05) is 30.3 Å². The Bertz CT molecular complexity index is 847. The Hall–Kier alpha value is -3.05. The molecule has 0 aromatic heterocycles. The van der Waals surface area contributed by atoms with Gasteiger partial charge in [0, 0.05) is 12.7 Å². The Kier molecular flexibility index (Phi) is 4.63. The van der Waals surface area contributed by atoms with Gasteiger partial charge in [-0.25, -0.2) is 9.86 Å². The number of fused-ring (bicyclic) bond motifs is 1. The van der Waals surface area contributed by atoms with Gasteiger partial charge in [-0.2, -0.15) is 0 Å². The molecule has 3 aromatic rings. The van der Waals surface area contributed by atoms with Crippen LogP contribution in [0.1, 0.15) is 0 Å². The van der Waals surface area contributed by atoms with Crippen molar-refractivity contribution in [3.63, 3.8) is 0 Å². The van der Waals surface area contributed by atoms with Gasteiger partial charge in [0.2, 0.25) is 0 Å². The van der Waals surface area contributed by atoms with Gasteiger partial charge < -0.3 is 10.1 Å². The highest BCUT2D eigenvalue weighted by atomic mass is 16.7. The third-order valence-electron chi connectivity index (χ3n) is 3.62. The summed E-state index contributed by atoms with van der Waals surface area (Å²) in [5.74, 6) is 1.47. The van der Waals surface area contributed by atoms with Crippen LogP contribution in [0.25, 0.3) is 10.8 Å². The largest absolute Gasteiger partial charge is 0.457 e. The minimum atomic E-state index is -0.347. The number of benzene rings is 3. The zero-order valence-corrected chi connectivity index (χ0v) is 13.5. The minimum Gasteiger partial charge on any atom is -0.457 e. The van der Waals surface area contributed by atoms with Crippen LogP contribution in [0.2, 0.25) is 0 Å². The Morgan fingerprint density at radius 3 is 2.29 bits per heavy atom. The molecular formula is C19H18N2O3. The lowest BCUT2D eigenvalue weighted by molar-refractivity contribution is -0.0598. The van der Waals surface area contributed by atoms with Crippen molar-refractivity contribution in [1.29, 1.82) is 0 Å². The monoisotopic (exact) mass is 322 g/mol. The predicted octanol–water partition coefficient (Wildman–Crippen LogP) is 4.66. The lowest BCUT2D eigenvalue weighted by Gasteiger charge is -2.14. The molecule has 0 aliphatic heterocycles. The Labute approximate surface area is 140 Å². The molecule has 0 bridgehead atoms. The summed E-state index contributed by atoms with van der Waals surface area (Å²) in [5, 5.41) is 6.12. The van der Waals surface area contributed by atoms with E-state index in [1.54, 1.807) is 24.3 Å². The number of ether oxygens (including phenoxy) is 1. The fraction of sp³-hybridized carbons (Fsp3) is 0.105. The summed E-state index contributed by atoms with van der Waals surface area (Å²) in [6.07, 6.45) is 0. The van der Waals surface area contributed by atoms with Crippen LogP contribution in [0.5, 0.6) is 11.5 Å². The summed E-state index contributed by atoms with van der Waals surface area (Å²) in [4.78, 5) is 16.5. The molecule has 0 saturated carbocycles. The molecule has 0 aliphatic carbocycles. The highest BCUT2D eigenvalue weighted by Crippen LogP contribution is 2.26. The molecular weight excluding hydrogens is 304 g/mol. The average molecular weight is 322 g/mol. The van der Waals surface area contributed by atoms with E-state index >= 15 is 0 Å². The number of hydrogen-bond acceptors (Lipinski definition) is 3. The number of carbonyl (C=O) groups excluding carboxylic acids is 1. The number of hydrogen-bond donors (Lipinski definition) is 1. The summed E-state index contributed by atoms with van der Waals surface area (Å²) in [7, 11) is 2.96. The van der Waals surface area contributed by atoms with E-state index in [0.29, 0.717) is 11.4 Å². The summed E-state index contributed by atoms with van der Waals surface area (Å²) < 4.78 is 5.87. The zero-order valence-electron chi connectivity index (χ0n) is 13.5. The molecule has 0 fully saturated rings. The Morgan fingerprint density at radius 1 is 0.917 bits per heavy atom. The van der Waals surface area contributed by atoms with Gasteiger partial charge in [0.1, 0.15) is 11.5 Å². The maximum Gasteiger partial charge on any atom is 0.345 e. The van der Waals surface area contributed by atoms with E-state index in [1.165, 1.54) is 19.5 Å². The standard InChI is InChI=1S/C19H18N2O3/c1-21(23-2)19(22)20-16-8-11-17(12-9-16)24-18-10-7-14-5-3-4-6-15(14)13-18/h3-13H,1-2H3,(H,20,22). The second-order valence-electron chi connectivity index (χ2n) is 5.25. The Balaban J connectivity index is 1.70. The van der Waals surface area contributed by atoms with Gasteiger partial charge in [0.25, 0.3) is 0 Å². The van der Waals surface area contributed by atoms with Crippen molar-refractivity contribution in [2.24, 2.45) is 0 Å². The lowest BCUT2D eigenvalue weighted by Crippen LogP contribution is -2.30. The third kappa shape index (κ3) is 3.64. The van der Waals surface area contributed by atoms with E-state index < -0.39 is 0 Å². The van der Waals surface area contributed by atoms with Gasteiger partial charge in [-0.3, -0.25) is 4.84 Å². The number of nitrogens with zero attached hydrogens (tertiary/aromatic N) is 1. The first-order chi connectivity index (χ1) is 11.7. The molecule has 5 heteroatoms. The van der Waals surface area contributed by atoms with Crippen molar-refractivity contribution in [3.05, 3.63) is 66.7 Å². The van der Waals surface area contributed by atoms with E-state index in [2.05, 4.69) is 11.4 Å². The second-order valence-corrected chi connectivity index (χ2v) is 5.25. The van der Waals surface area contributed by atoms with E-state index in [0.717, 1.165) is 16.2 Å². The number of carbonyl (C=O) groups is 1. The van der Waals surface area contributed by atoms with Crippen LogP contribution >= 0.6 is 0 Å². The first-order valence-corrected chi connectivity index (χ1v) is 7.51. The zero-order chi connectivity index (χ0) is 16.9. The maximum atomic E-state index is 11.7. The van der Waals surface area contributed by atoms with Gasteiger partial charge >= 0.3 is 6.03 Å². The number of urea groups is 1. The summed E-state index contributed by atoms with van der Waals surface area (Å²) in [6, 6.07) is 20.9. The van der Waals surface area contributed by atoms with Crippen molar-refractivity contribution in [3.8, 4) is 11.5 Å². The lowest BCUT2D eigenvalue weighted by atomic mass is 10.1. The second kappa shape index (κ2) is 7.02. The van der Waals surface area contributed by atoms with Crippen molar-refractivity contribution >= 4 is 22.5 Å². The fourth-order valence-electron chi connectivity index (χ4n) is 2.26. The third-order valence-corrected chi connectivity index (χ3v) is 3.62. The molecule has 0 unspecified atom stereocenters. The van der Waals surface area contributed by atoms with Gasteiger partial charge in [0.15, 0.2) is 0 Å². The number of amides is 2. The van der Waals surface area contributed by atoms with E-state index in [4.69, 9.17) is 9.57 Å². The van der Waals surface area contributed by atoms with Crippen molar-refractivity contribution in [2.75, 3.05) is 19.5 Å². The van der Waals surface area contributed by atoms with E-state index in [9.17, 15) is 4.79 Å². The molecule has 122 valence electrons. The van der Waals surface area contributed by atoms with Gasteiger partial charge in [-0.05, 0) is 47.2 Å². The average Bonchev–Trinajstić information content (AvgIpc) is 2.62. The van der Waals surface area contributed by atoms with Gasteiger partial charge in [-0.15, -0.1) is 0 Å². The Morgan fingerprint density at radius 2 is 1.58 bits per heavy atom. The fourth-order valence-corrected chi connectivity index (χ4v) is 2.26. The van der Waals surface area contributed by atoms with Crippen molar-refractivity contribution in [1.82, 2.24) is 5.06 Å². The van der Waals surface area contributed by atoms with Crippen LogP contribution in [0.3, 0.4) is 0 Å². The van der Waals surface area contributed by atoms with Gasteiger partial charge in [0.05, 0.1) is 7.11 Å². The molecule has 0 atom stereocenters. The van der Waals surface area contributed by atoms with E-state index in [1.807, 2.05) is 36.4 Å². The summed E-state index contributed by atoms with van der Waals surface area (Å²) in [5.41, 5.74) is 0.662.